The molecule has 0 fully saturated rings. The fourth-order valence-electron chi connectivity index (χ4n) is 1.35. The lowest BCUT2D eigenvalue weighted by molar-refractivity contribution is -0.117. The number of nitrogen functional groups attached to an aromatic ring is 1. The van der Waals surface area contributed by atoms with E-state index in [9.17, 15) is 9.59 Å². The van der Waals surface area contributed by atoms with Crippen molar-refractivity contribution in [2.45, 2.75) is 0 Å². The number of ether oxygens (including phenoxy) is 2. The minimum atomic E-state index is -0.637. The maximum Gasteiger partial charge on any atom is 0.253 e. The molecule has 0 bridgehead atoms. The molecule has 0 radical (unpaired) electrons. The number of hydrogen-bond acceptors (Lipinski definition) is 5. The molecule has 0 saturated carbocycles. The molecule has 0 spiro atoms. The molecule has 2 amide bonds. The van der Waals surface area contributed by atoms with Gasteiger partial charge in [-0.1, -0.05) is 0 Å². The molecule has 1 aromatic carbocycles. The topological polar surface area (TPSA) is 117 Å². The maximum atomic E-state index is 11.7. The van der Waals surface area contributed by atoms with Crippen LogP contribution in [0.25, 0.3) is 0 Å². The Hall–Kier alpha value is -2.44. The summed E-state index contributed by atoms with van der Waals surface area (Å²) in [6.07, 6.45) is 0. The van der Waals surface area contributed by atoms with E-state index < -0.39 is 11.8 Å². The number of hydrogen-bond donors (Lipinski definition) is 3. The van der Waals surface area contributed by atoms with Crippen LogP contribution in [0.5, 0.6) is 11.5 Å². The lowest BCUT2D eigenvalue weighted by atomic mass is 10.1. The molecule has 1 aromatic rings. The third-order valence-corrected chi connectivity index (χ3v) is 2.22. The van der Waals surface area contributed by atoms with Crippen LogP contribution in [0.4, 0.5) is 5.69 Å². The number of anilines is 1. The summed E-state index contributed by atoms with van der Waals surface area (Å²) in [6.45, 7) is -0.257. The van der Waals surface area contributed by atoms with Crippen LogP contribution in [0.3, 0.4) is 0 Å². The van der Waals surface area contributed by atoms with Gasteiger partial charge >= 0.3 is 0 Å². The van der Waals surface area contributed by atoms with E-state index in [0.29, 0.717) is 11.5 Å². The average molecular weight is 253 g/mol. The first-order valence-electron chi connectivity index (χ1n) is 5.07. The van der Waals surface area contributed by atoms with Crippen LogP contribution in [0.1, 0.15) is 10.4 Å². The Kier molecular flexibility index (Phi) is 4.36. The zero-order valence-electron chi connectivity index (χ0n) is 10.1. The highest BCUT2D eigenvalue weighted by atomic mass is 16.5. The number of nitrogens with two attached hydrogens (primary N) is 2. The molecule has 0 aliphatic heterocycles. The van der Waals surface area contributed by atoms with Gasteiger partial charge in [0.15, 0.2) is 11.5 Å². The summed E-state index contributed by atoms with van der Waals surface area (Å²) in [7, 11) is 2.91. The van der Waals surface area contributed by atoms with E-state index >= 15 is 0 Å². The highest BCUT2D eigenvalue weighted by molar-refractivity contribution is 6.01. The smallest absolute Gasteiger partial charge is 0.253 e. The molecule has 7 nitrogen and oxygen atoms in total. The third-order valence-electron chi connectivity index (χ3n) is 2.22. The van der Waals surface area contributed by atoms with Crippen molar-refractivity contribution in [1.29, 1.82) is 0 Å². The van der Waals surface area contributed by atoms with Gasteiger partial charge in [-0.3, -0.25) is 9.59 Å². The largest absolute Gasteiger partial charge is 0.493 e. The predicted molar refractivity (Wildman–Crippen MR) is 65.5 cm³/mol. The fourth-order valence-corrected chi connectivity index (χ4v) is 1.35. The van der Waals surface area contributed by atoms with Crippen molar-refractivity contribution in [2.75, 3.05) is 26.5 Å². The Labute approximate surface area is 104 Å². The zero-order chi connectivity index (χ0) is 13.7. The highest BCUT2D eigenvalue weighted by Gasteiger charge is 2.15. The van der Waals surface area contributed by atoms with Crippen molar-refractivity contribution in [3.05, 3.63) is 17.7 Å². The molecule has 7 heteroatoms. The SMILES string of the molecule is COc1cc(N)c(C(=O)NCC(N)=O)cc1OC. The fraction of sp³-hybridized carbons (Fsp3) is 0.273. The van der Waals surface area contributed by atoms with E-state index in [2.05, 4.69) is 5.32 Å². The Morgan fingerprint density at radius 2 is 1.78 bits per heavy atom. The number of rotatable bonds is 5. The van der Waals surface area contributed by atoms with E-state index in [1.165, 1.54) is 26.4 Å². The Balaban J connectivity index is 3.01. The second-order valence-corrected chi connectivity index (χ2v) is 3.44. The normalized spacial score (nSPS) is 9.67. The Morgan fingerprint density at radius 1 is 1.22 bits per heavy atom. The molecule has 0 unspecified atom stereocenters. The highest BCUT2D eigenvalue weighted by Crippen LogP contribution is 2.31. The summed E-state index contributed by atoms with van der Waals surface area (Å²) < 4.78 is 10.1. The molecule has 98 valence electrons. The lowest BCUT2D eigenvalue weighted by Crippen LogP contribution is -2.33. The molecule has 0 aliphatic carbocycles. The third kappa shape index (κ3) is 3.03. The van der Waals surface area contributed by atoms with E-state index in [4.69, 9.17) is 20.9 Å². The van der Waals surface area contributed by atoms with Crippen molar-refractivity contribution >= 4 is 17.5 Å². The van der Waals surface area contributed by atoms with Crippen molar-refractivity contribution in [1.82, 2.24) is 5.32 Å². The van der Waals surface area contributed by atoms with Crippen molar-refractivity contribution in [3.63, 3.8) is 0 Å². The van der Waals surface area contributed by atoms with Gasteiger partial charge in [-0.25, -0.2) is 0 Å². The molecule has 0 aliphatic rings. The number of amides is 2. The van der Waals surface area contributed by atoms with Crippen molar-refractivity contribution < 1.29 is 19.1 Å². The number of carbonyl (C=O) groups is 2. The van der Waals surface area contributed by atoms with Gasteiger partial charge in [0, 0.05) is 11.8 Å². The summed E-state index contributed by atoms with van der Waals surface area (Å²) in [5.74, 6) is -0.355. The monoisotopic (exact) mass is 253 g/mol. The predicted octanol–water partition coefficient (Wildman–Crippen LogP) is -0.499. The molecule has 0 aromatic heterocycles. The average Bonchev–Trinajstić information content (AvgIpc) is 2.35. The van der Waals surface area contributed by atoms with Crippen LogP contribution in [0, 0.1) is 0 Å². The molecule has 1 rings (SSSR count). The van der Waals surface area contributed by atoms with Crippen LogP contribution in [-0.2, 0) is 4.79 Å². The van der Waals surface area contributed by atoms with Gasteiger partial charge in [0.1, 0.15) is 0 Å². The van der Waals surface area contributed by atoms with Crippen molar-refractivity contribution in [2.24, 2.45) is 5.73 Å². The summed E-state index contributed by atoms with van der Waals surface area (Å²) in [5.41, 5.74) is 11.1. The van der Waals surface area contributed by atoms with Gasteiger partial charge in [-0.05, 0) is 6.07 Å². The van der Waals surface area contributed by atoms with E-state index in [1.54, 1.807) is 0 Å². The molecular weight excluding hydrogens is 238 g/mol. The molecule has 5 N–H and O–H groups in total. The number of benzene rings is 1. The van der Waals surface area contributed by atoms with Gasteiger partial charge < -0.3 is 26.3 Å². The zero-order valence-corrected chi connectivity index (χ0v) is 10.1. The Morgan fingerprint density at radius 3 is 2.28 bits per heavy atom. The first kappa shape index (κ1) is 13.6. The summed E-state index contributed by atoms with van der Waals surface area (Å²) in [5, 5.41) is 2.34. The van der Waals surface area contributed by atoms with Crippen molar-refractivity contribution in [3.8, 4) is 11.5 Å². The quantitative estimate of drug-likeness (QED) is 0.612. The van der Waals surface area contributed by atoms with Crippen LogP contribution in [0.15, 0.2) is 12.1 Å². The minimum Gasteiger partial charge on any atom is -0.493 e. The molecule has 0 atom stereocenters. The molecule has 0 heterocycles. The summed E-state index contributed by atoms with van der Waals surface area (Å²) in [4.78, 5) is 22.3. The van der Waals surface area contributed by atoms with E-state index in [0.717, 1.165) is 0 Å². The lowest BCUT2D eigenvalue weighted by Gasteiger charge is -2.12. The number of methoxy groups -OCH3 is 2. The summed E-state index contributed by atoms with van der Waals surface area (Å²) in [6, 6.07) is 2.91. The molecule has 18 heavy (non-hydrogen) atoms. The van der Waals surface area contributed by atoms with Gasteiger partial charge in [0.05, 0.1) is 26.3 Å². The minimum absolute atomic E-state index is 0.189. The van der Waals surface area contributed by atoms with Gasteiger partial charge in [0.25, 0.3) is 5.91 Å². The van der Waals surface area contributed by atoms with Crippen LogP contribution in [0.2, 0.25) is 0 Å². The van der Waals surface area contributed by atoms with Gasteiger partial charge in [-0.15, -0.1) is 0 Å². The maximum absolute atomic E-state index is 11.7. The second kappa shape index (κ2) is 5.76. The number of carbonyl (C=O) groups excluding carboxylic acids is 2. The van der Waals surface area contributed by atoms with Gasteiger partial charge in [-0.2, -0.15) is 0 Å². The van der Waals surface area contributed by atoms with E-state index in [-0.39, 0.29) is 17.8 Å². The second-order valence-electron chi connectivity index (χ2n) is 3.44. The first-order valence-corrected chi connectivity index (χ1v) is 5.07. The number of nitrogens with one attached hydrogen (secondary N) is 1. The molecular formula is C11H15N3O4. The molecule has 0 saturated heterocycles. The first-order chi connectivity index (χ1) is 8.49. The van der Waals surface area contributed by atoms with E-state index in [1.807, 2.05) is 0 Å². The summed E-state index contributed by atoms with van der Waals surface area (Å²) >= 11 is 0. The van der Waals surface area contributed by atoms with Crippen LogP contribution < -0.4 is 26.3 Å². The van der Waals surface area contributed by atoms with Crippen LogP contribution in [-0.4, -0.2) is 32.6 Å². The Bertz CT molecular complexity index is 474. The van der Waals surface area contributed by atoms with Gasteiger partial charge in [0.2, 0.25) is 5.91 Å². The number of primary amides is 1. The standard InChI is InChI=1S/C11H15N3O4/c1-17-8-3-6(7(12)4-9(8)18-2)11(16)14-5-10(13)15/h3-4H,5,12H2,1-2H3,(H2,13,15)(H,14,16). The van der Waals surface area contributed by atoms with Crippen LogP contribution >= 0.6 is 0 Å².